The predicted octanol–water partition coefficient (Wildman–Crippen LogP) is 0.603. The molecule has 4 nitrogen and oxygen atoms in total. The zero-order valence-electron chi connectivity index (χ0n) is 8.02. The van der Waals surface area contributed by atoms with Gasteiger partial charge >= 0.3 is 0 Å². The lowest BCUT2D eigenvalue weighted by Crippen LogP contribution is -2.30. The summed E-state index contributed by atoms with van der Waals surface area (Å²) in [6.07, 6.45) is 0. The van der Waals surface area contributed by atoms with Crippen molar-refractivity contribution in [1.29, 1.82) is 0 Å². The molecule has 0 aromatic carbocycles. The third kappa shape index (κ3) is 1.64. The molecule has 74 valence electrons. The number of aryl methyl sites for hydroxylation is 1. The molecule has 0 spiro atoms. The van der Waals surface area contributed by atoms with Crippen molar-refractivity contribution < 1.29 is 0 Å². The van der Waals surface area contributed by atoms with Gasteiger partial charge in [-0.2, -0.15) is 0 Å². The Morgan fingerprint density at radius 2 is 2.15 bits per heavy atom. The van der Waals surface area contributed by atoms with Gasteiger partial charge in [-0.15, -0.1) is 0 Å². The second-order valence-corrected chi connectivity index (χ2v) is 4.13. The van der Waals surface area contributed by atoms with E-state index in [1.165, 1.54) is 0 Å². The summed E-state index contributed by atoms with van der Waals surface area (Å²) < 4.78 is 1.62. The maximum Gasteiger partial charge on any atom is 0.283 e. The van der Waals surface area contributed by atoms with E-state index in [0.29, 0.717) is 6.54 Å². The van der Waals surface area contributed by atoms with Gasteiger partial charge in [0.05, 0.1) is 5.69 Å². The highest BCUT2D eigenvalue weighted by Crippen LogP contribution is 2.25. The zero-order chi connectivity index (χ0) is 10.2. The number of aromatic amines is 1. The molecule has 0 saturated carbocycles. The largest absolute Gasteiger partial charge is 0.330 e. The van der Waals surface area contributed by atoms with Gasteiger partial charge in [0.15, 0.2) is 0 Å². The molecule has 0 radical (unpaired) electrons. The Hall–Kier alpha value is -0.740. The monoisotopic (exact) mass is 203 g/mol. The lowest BCUT2D eigenvalue weighted by atomic mass is 9.89. The van der Waals surface area contributed by atoms with Crippen LogP contribution in [0.4, 0.5) is 0 Å². The van der Waals surface area contributed by atoms with Crippen molar-refractivity contribution in [2.24, 2.45) is 12.8 Å². The molecule has 1 heterocycles. The number of nitrogens with two attached hydrogens (primary N) is 1. The number of halogens is 1. The normalized spacial score (nSPS) is 12.1. The molecule has 0 saturated heterocycles. The first-order valence-corrected chi connectivity index (χ1v) is 4.43. The zero-order valence-corrected chi connectivity index (χ0v) is 8.77. The van der Waals surface area contributed by atoms with E-state index in [1.807, 2.05) is 13.8 Å². The number of rotatable bonds is 2. The third-order valence-corrected chi connectivity index (χ3v) is 2.51. The summed E-state index contributed by atoms with van der Waals surface area (Å²) in [4.78, 5) is 11.2. The molecule has 0 unspecified atom stereocenters. The van der Waals surface area contributed by atoms with Crippen LogP contribution in [0.2, 0.25) is 5.02 Å². The summed E-state index contributed by atoms with van der Waals surface area (Å²) >= 11 is 5.86. The molecule has 0 aliphatic rings. The summed E-state index contributed by atoms with van der Waals surface area (Å²) in [6, 6.07) is 0. The van der Waals surface area contributed by atoms with Gasteiger partial charge in [0.2, 0.25) is 0 Å². The van der Waals surface area contributed by atoms with Crippen LogP contribution in [0.5, 0.6) is 0 Å². The number of hydrogen-bond donors (Lipinski definition) is 2. The minimum atomic E-state index is -0.287. The van der Waals surface area contributed by atoms with Gasteiger partial charge in [0.1, 0.15) is 5.02 Å². The van der Waals surface area contributed by atoms with Crippen molar-refractivity contribution in [1.82, 2.24) is 9.78 Å². The van der Waals surface area contributed by atoms with E-state index in [4.69, 9.17) is 17.3 Å². The lowest BCUT2D eigenvalue weighted by molar-refractivity contribution is 0.487. The highest BCUT2D eigenvalue weighted by molar-refractivity contribution is 6.31. The Bertz CT molecular complexity index is 364. The number of hydrogen-bond acceptors (Lipinski definition) is 2. The van der Waals surface area contributed by atoms with E-state index in [2.05, 4.69) is 5.10 Å². The fourth-order valence-electron chi connectivity index (χ4n) is 1.36. The molecule has 3 N–H and O–H groups in total. The smallest absolute Gasteiger partial charge is 0.283 e. The molecule has 0 atom stereocenters. The van der Waals surface area contributed by atoms with Crippen LogP contribution >= 0.6 is 11.6 Å². The van der Waals surface area contributed by atoms with Crippen LogP contribution in [-0.4, -0.2) is 16.3 Å². The van der Waals surface area contributed by atoms with E-state index < -0.39 is 0 Å². The van der Waals surface area contributed by atoms with Crippen LogP contribution in [-0.2, 0) is 12.5 Å². The highest BCUT2D eigenvalue weighted by Gasteiger charge is 2.26. The van der Waals surface area contributed by atoms with E-state index in [0.717, 1.165) is 5.69 Å². The highest BCUT2D eigenvalue weighted by atomic mass is 35.5. The van der Waals surface area contributed by atoms with Gasteiger partial charge in [-0.1, -0.05) is 25.4 Å². The first-order chi connectivity index (χ1) is 5.90. The van der Waals surface area contributed by atoms with Crippen LogP contribution in [0.3, 0.4) is 0 Å². The maximum atomic E-state index is 11.2. The van der Waals surface area contributed by atoms with Crippen molar-refractivity contribution in [3.8, 4) is 0 Å². The van der Waals surface area contributed by atoms with Crippen LogP contribution in [0.15, 0.2) is 4.79 Å². The first-order valence-electron chi connectivity index (χ1n) is 4.05. The first kappa shape index (κ1) is 10.3. The van der Waals surface area contributed by atoms with Gasteiger partial charge in [-0.3, -0.25) is 14.6 Å². The molecule has 1 rings (SSSR count). The lowest BCUT2D eigenvalue weighted by Gasteiger charge is -2.23. The Balaban J connectivity index is 3.37. The molecule has 1 aromatic heterocycles. The summed E-state index contributed by atoms with van der Waals surface area (Å²) in [5.74, 6) is 0. The second-order valence-electron chi connectivity index (χ2n) is 3.75. The molecule has 13 heavy (non-hydrogen) atoms. The van der Waals surface area contributed by atoms with E-state index in [-0.39, 0.29) is 16.0 Å². The van der Waals surface area contributed by atoms with Crippen molar-refractivity contribution in [2.75, 3.05) is 6.54 Å². The molecule has 0 aliphatic carbocycles. The summed E-state index contributed by atoms with van der Waals surface area (Å²) in [6.45, 7) is 4.33. The molecule has 1 aromatic rings. The van der Waals surface area contributed by atoms with Gasteiger partial charge in [0, 0.05) is 19.0 Å². The molecular formula is C8H14ClN3O. The molecule has 0 fully saturated rings. The van der Waals surface area contributed by atoms with E-state index in [9.17, 15) is 4.79 Å². The van der Waals surface area contributed by atoms with Gasteiger partial charge in [-0.25, -0.2) is 0 Å². The Morgan fingerprint density at radius 3 is 2.46 bits per heavy atom. The Morgan fingerprint density at radius 1 is 1.62 bits per heavy atom. The van der Waals surface area contributed by atoms with E-state index >= 15 is 0 Å². The fourth-order valence-corrected chi connectivity index (χ4v) is 1.78. The van der Waals surface area contributed by atoms with Gasteiger partial charge < -0.3 is 5.73 Å². The third-order valence-electron chi connectivity index (χ3n) is 2.16. The van der Waals surface area contributed by atoms with Crippen LogP contribution in [0.1, 0.15) is 19.5 Å². The quantitative estimate of drug-likeness (QED) is 0.740. The second kappa shape index (κ2) is 3.20. The minimum absolute atomic E-state index is 0.234. The molecule has 0 aliphatic heterocycles. The van der Waals surface area contributed by atoms with Crippen LogP contribution < -0.4 is 11.3 Å². The molecule has 0 bridgehead atoms. The topological polar surface area (TPSA) is 63.8 Å². The fraction of sp³-hybridized carbons (Fsp3) is 0.625. The minimum Gasteiger partial charge on any atom is -0.330 e. The van der Waals surface area contributed by atoms with Crippen LogP contribution in [0.25, 0.3) is 0 Å². The van der Waals surface area contributed by atoms with Gasteiger partial charge in [0.25, 0.3) is 5.56 Å². The van der Waals surface area contributed by atoms with Gasteiger partial charge in [-0.05, 0) is 0 Å². The Labute approximate surface area is 81.7 Å². The molecule has 0 amide bonds. The number of aromatic nitrogens is 2. The van der Waals surface area contributed by atoms with E-state index in [1.54, 1.807) is 11.7 Å². The standard InChI is InChI=1S/C8H14ClN3O/c1-8(2,4-10)6-5(9)7(13)11-12(6)3/h4,10H2,1-3H3,(H,11,13). The van der Waals surface area contributed by atoms with Crippen molar-refractivity contribution in [2.45, 2.75) is 19.3 Å². The van der Waals surface area contributed by atoms with Crippen molar-refractivity contribution in [3.63, 3.8) is 0 Å². The average molecular weight is 204 g/mol. The maximum absolute atomic E-state index is 11.2. The SMILES string of the molecule is Cn1[nH]c(=O)c(Cl)c1C(C)(C)CN. The van der Waals surface area contributed by atoms with Crippen molar-refractivity contribution >= 4 is 11.6 Å². The van der Waals surface area contributed by atoms with Crippen molar-refractivity contribution in [3.05, 3.63) is 21.1 Å². The van der Waals surface area contributed by atoms with Crippen LogP contribution in [0, 0.1) is 0 Å². The average Bonchev–Trinajstić information content (AvgIpc) is 2.27. The number of nitrogens with one attached hydrogen (secondary N) is 1. The summed E-state index contributed by atoms with van der Waals surface area (Å²) in [5, 5.41) is 2.82. The summed E-state index contributed by atoms with van der Waals surface area (Å²) in [7, 11) is 1.75. The molecule has 5 heteroatoms. The molecular weight excluding hydrogens is 190 g/mol. The predicted molar refractivity (Wildman–Crippen MR) is 53.1 cm³/mol. The number of nitrogens with zero attached hydrogens (tertiary/aromatic N) is 1. The summed E-state index contributed by atoms with van der Waals surface area (Å²) in [5.41, 5.74) is 5.80. The number of H-pyrrole nitrogens is 1. The Kier molecular flexibility index (Phi) is 2.54.